The minimum atomic E-state index is -1.69. The first-order chi connectivity index (χ1) is 37.0. The van der Waals surface area contributed by atoms with Crippen molar-refractivity contribution >= 4 is 77.2 Å². The molecule has 13 N–H and O–H groups in total. The van der Waals surface area contributed by atoms with Crippen molar-refractivity contribution in [2.24, 2.45) is 5.92 Å². The van der Waals surface area contributed by atoms with Crippen LogP contribution in [0.5, 0.6) is 0 Å². The van der Waals surface area contributed by atoms with Gasteiger partial charge in [0.2, 0.25) is 47.3 Å². The molecule has 29 nitrogen and oxygen atoms in total. The monoisotopic (exact) mass is 1120 g/mol. The van der Waals surface area contributed by atoms with Gasteiger partial charge in [0.05, 0.1) is 26.4 Å². The number of benzene rings is 1. The summed E-state index contributed by atoms with van der Waals surface area (Å²) in [6.45, 7) is 8.61. The van der Waals surface area contributed by atoms with E-state index in [0.29, 0.717) is 5.56 Å². The third-order valence-electron chi connectivity index (χ3n) is 10.7. The molecule has 0 saturated heterocycles. The van der Waals surface area contributed by atoms with Gasteiger partial charge in [-0.3, -0.25) is 47.9 Å². The van der Waals surface area contributed by atoms with Crippen LogP contribution >= 0.6 is 0 Å². The van der Waals surface area contributed by atoms with Crippen LogP contribution in [0.1, 0.15) is 105 Å². The number of nitrogens with one attached hydrogen (secondary N) is 9. The van der Waals surface area contributed by atoms with Crippen molar-refractivity contribution in [3.63, 3.8) is 0 Å². The Morgan fingerprint density at radius 2 is 1.00 bits per heavy atom. The molecule has 0 bridgehead atoms. The van der Waals surface area contributed by atoms with Gasteiger partial charge in [-0.1, -0.05) is 44.2 Å². The van der Waals surface area contributed by atoms with Crippen LogP contribution in [0.15, 0.2) is 30.3 Å². The molecule has 0 radical (unpaired) electrons. The highest BCUT2D eigenvalue weighted by molar-refractivity contribution is 5.95. The molecule has 0 aliphatic carbocycles. The van der Waals surface area contributed by atoms with Crippen LogP contribution in [0, 0.1) is 5.92 Å². The van der Waals surface area contributed by atoms with Gasteiger partial charge >= 0.3 is 30.0 Å². The number of amides is 9. The minimum Gasteiger partial charge on any atom is -0.481 e. The number of ether oxygens (including phenoxy) is 3. The zero-order chi connectivity index (χ0) is 59.7. The van der Waals surface area contributed by atoms with Crippen LogP contribution < -0.4 is 47.9 Å². The summed E-state index contributed by atoms with van der Waals surface area (Å²) >= 11 is 0. The maximum absolute atomic E-state index is 13.6. The molecule has 0 saturated carbocycles. The maximum Gasteiger partial charge on any atom is 0.408 e. The van der Waals surface area contributed by atoms with Crippen molar-refractivity contribution in [3.8, 4) is 0 Å². The van der Waals surface area contributed by atoms with Gasteiger partial charge in [0.1, 0.15) is 49.0 Å². The normalized spacial score (nSPS) is 13.3. The first-order valence-corrected chi connectivity index (χ1v) is 25.4. The second kappa shape index (κ2) is 37.0. The molecule has 0 aliphatic heterocycles. The van der Waals surface area contributed by atoms with Gasteiger partial charge in [0.15, 0.2) is 0 Å². The number of hydrogen-bond acceptors (Lipinski definition) is 16. The molecule has 79 heavy (non-hydrogen) atoms. The van der Waals surface area contributed by atoms with Crippen molar-refractivity contribution in [2.75, 3.05) is 46.1 Å². The number of carboxylic acids is 4. The highest BCUT2D eigenvalue weighted by atomic mass is 16.6. The SMILES string of the molecule is CC(C)CC(NC(=O)C(Cc1ccccc1)NC(=O)CNC(=O)OC(C)(C)C)C(=O)NCC(=O)NC(C)CCC(=O)NCCOCCOCC(=O)NC(CCC(=O)NC(CCC(=O)O)C(=O)O)C(=O)NC(CCC(=O)O)C(=O)O. The van der Waals surface area contributed by atoms with Crippen LogP contribution in [0.2, 0.25) is 0 Å². The second-order valence-corrected chi connectivity index (χ2v) is 19.5. The van der Waals surface area contributed by atoms with Crippen LogP contribution in [-0.2, 0) is 78.2 Å². The lowest BCUT2D eigenvalue weighted by molar-refractivity contribution is -0.144. The third kappa shape index (κ3) is 33.7. The summed E-state index contributed by atoms with van der Waals surface area (Å²) in [6.07, 6.45) is -3.60. The van der Waals surface area contributed by atoms with Crippen molar-refractivity contribution in [1.82, 2.24) is 47.9 Å². The number of hydrogen-bond donors (Lipinski definition) is 13. The number of alkyl carbamates (subject to hydrolysis) is 1. The molecule has 9 amide bonds. The molecule has 29 heteroatoms. The van der Waals surface area contributed by atoms with E-state index in [9.17, 15) is 72.5 Å². The maximum atomic E-state index is 13.6. The van der Waals surface area contributed by atoms with Gasteiger partial charge in [0.25, 0.3) is 0 Å². The summed E-state index contributed by atoms with van der Waals surface area (Å²) in [5.74, 6) is -11.7. The standard InChI is InChI=1S/C50H77N9O20/c1-29(2)24-35(59-46(71)36(25-31-10-8-7-9-11-31)57-40(63)27-53-49(76)79-50(4,5)6)44(69)52-26-39(62)54-30(3)12-16-37(60)51-20-21-77-22-23-78-28-41(64)55-32(45(70)58-34(48(74)75)15-19-43(67)68)13-17-38(61)56-33(47(72)73)14-18-42(65)66/h7-11,29-30,32-36H,12-28H2,1-6H3,(H,51,60)(H,52,69)(H,53,76)(H,54,62)(H,55,64)(H,56,61)(H,57,63)(H,58,70)(H,59,71)(H,65,66)(H,67,68)(H,72,73)(H,74,75). The Labute approximate surface area is 456 Å². The Hall–Kier alpha value is -7.95. The molecule has 0 fully saturated rings. The van der Waals surface area contributed by atoms with E-state index in [-0.39, 0.29) is 63.9 Å². The van der Waals surface area contributed by atoms with Gasteiger partial charge in [0, 0.05) is 44.7 Å². The number of carbonyl (C=O) groups excluding carboxylic acids is 9. The van der Waals surface area contributed by atoms with Crippen LogP contribution in [0.3, 0.4) is 0 Å². The number of carboxylic acid groups (broad SMARTS) is 4. The predicted octanol–water partition coefficient (Wildman–Crippen LogP) is -1.55. The summed E-state index contributed by atoms with van der Waals surface area (Å²) in [6, 6.07) is 1.24. The Balaban J connectivity index is 2.61. The summed E-state index contributed by atoms with van der Waals surface area (Å²) < 4.78 is 15.8. The smallest absolute Gasteiger partial charge is 0.408 e. The molecule has 6 atom stereocenters. The molecule has 1 aromatic carbocycles. The average Bonchev–Trinajstić information content (AvgIpc) is 3.35. The molecule has 1 rings (SSSR count). The number of aliphatic carboxylic acids is 4. The zero-order valence-electron chi connectivity index (χ0n) is 45.3. The van der Waals surface area contributed by atoms with E-state index in [1.807, 2.05) is 13.8 Å². The van der Waals surface area contributed by atoms with Crippen LogP contribution in [-0.4, -0.2) is 186 Å². The van der Waals surface area contributed by atoms with Crippen molar-refractivity contribution in [3.05, 3.63) is 35.9 Å². The fourth-order valence-electron chi connectivity index (χ4n) is 6.89. The molecular formula is C50H77N9O20. The summed E-state index contributed by atoms with van der Waals surface area (Å²) in [5, 5.41) is 58.6. The highest BCUT2D eigenvalue weighted by Crippen LogP contribution is 2.10. The van der Waals surface area contributed by atoms with Gasteiger partial charge in [-0.2, -0.15) is 0 Å². The first-order valence-electron chi connectivity index (χ1n) is 25.4. The van der Waals surface area contributed by atoms with Crippen LogP contribution in [0.25, 0.3) is 0 Å². The van der Waals surface area contributed by atoms with Crippen molar-refractivity contribution in [2.45, 2.75) is 148 Å². The highest BCUT2D eigenvalue weighted by Gasteiger charge is 2.31. The Bertz CT molecular complexity index is 2230. The summed E-state index contributed by atoms with van der Waals surface area (Å²) in [4.78, 5) is 161. The number of rotatable bonds is 39. The Kier molecular flexibility index (Phi) is 32.3. The van der Waals surface area contributed by atoms with Crippen molar-refractivity contribution in [1.29, 1.82) is 0 Å². The van der Waals surface area contributed by atoms with Gasteiger partial charge in [-0.15, -0.1) is 0 Å². The van der Waals surface area contributed by atoms with Gasteiger partial charge in [-0.05, 0) is 71.3 Å². The predicted molar refractivity (Wildman–Crippen MR) is 276 cm³/mol. The van der Waals surface area contributed by atoms with Gasteiger partial charge in [-0.25, -0.2) is 14.4 Å². The Morgan fingerprint density at radius 1 is 0.494 bits per heavy atom. The fourth-order valence-corrected chi connectivity index (χ4v) is 6.89. The molecule has 0 aliphatic rings. The van der Waals surface area contributed by atoms with Crippen LogP contribution in [0.4, 0.5) is 4.79 Å². The largest absolute Gasteiger partial charge is 0.481 e. The van der Waals surface area contributed by atoms with Gasteiger partial charge < -0.3 is 82.5 Å². The lowest BCUT2D eigenvalue weighted by atomic mass is 10.0. The van der Waals surface area contributed by atoms with E-state index >= 15 is 0 Å². The van der Waals surface area contributed by atoms with E-state index in [0.717, 1.165) is 0 Å². The average molecular weight is 1120 g/mol. The first kappa shape index (κ1) is 69.1. The van der Waals surface area contributed by atoms with E-state index in [2.05, 4.69) is 47.9 Å². The molecular weight excluding hydrogens is 1050 g/mol. The topological polar surface area (TPSA) is 439 Å². The molecule has 6 unspecified atom stereocenters. The lowest BCUT2D eigenvalue weighted by Crippen LogP contribution is -2.56. The second-order valence-electron chi connectivity index (χ2n) is 19.5. The van der Waals surface area contributed by atoms with Crippen molar-refractivity contribution < 1.29 is 97.0 Å². The minimum absolute atomic E-state index is 0.00487. The van der Waals surface area contributed by atoms with E-state index < -0.39 is 171 Å². The molecule has 0 aromatic heterocycles. The molecule has 0 spiro atoms. The zero-order valence-corrected chi connectivity index (χ0v) is 45.3. The fraction of sp³-hybridized carbons (Fsp3) is 0.620. The number of carbonyl (C=O) groups is 13. The summed E-state index contributed by atoms with van der Waals surface area (Å²) in [7, 11) is 0. The molecule has 0 heterocycles. The molecule has 1 aromatic rings. The Morgan fingerprint density at radius 3 is 1.58 bits per heavy atom. The van der Waals surface area contributed by atoms with E-state index in [4.69, 9.17) is 24.4 Å². The quantitative estimate of drug-likeness (QED) is 0.0332. The van der Waals surface area contributed by atoms with E-state index in [1.54, 1.807) is 58.0 Å². The third-order valence-corrected chi connectivity index (χ3v) is 10.7. The summed E-state index contributed by atoms with van der Waals surface area (Å²) in [5.41, 5.74) is -0.0928. The van der Waals surface area contributed by atoms with E-state index in [1.165, 1.54) is 0 Å². The molecule has 442 valence electrons. The lowest BCUT2D eigenvalue weighted by Gasteiger charge is -2.25.